The molecular weight excluding hydrogens is 1350 g/mol. The SMILES string of the molecule is CC/C=C\C/C=C\C/C=C\C/C=C\C/C=C\CCCCCC(=O)OCC(COP(=O)(O)OCC(O)COP(=O)(O)OCC(COC(=O)CCCC/C=C\C/C=C\C/C=C\C/C=C\CC)OC(=O)CCCCCCCCCCCCCCC)OC(=O)CCCCCCCCC/C=C\C/C=C\C/C=C\CC. The smallest absolute Gasteiger partial charge is 0.462 e. The van der Waals surface area contributed by atoms with Crippen LogP contribution in [0.3, 0.4) is 0 Å². The van der Waals surface area contributed by atoms with Gasteiger partial charge in [-0.3, -0.25) is 37.3 Å². The van der Waals surface area contributed by atoms with Gasteiger partial charge in [0.15, 0.2) is 12.2 Å². The Labute approximate surface area is 630 Å². The number of phosphoric ester groups is 2. The van der Waals surface area contributed by atoms with Gasteiger partial charge < -0.3 is 33.8 Å². The molecule has 5 unspecified atom stereocenters. The first-order chi connectivity index (χ1) is 50.7. The van der Waals surface area contributed by atoms with E-state index in [1.165, 1.54) is 51.4 Å². The van der Waals surface area contributed by atoms with Crippen LogP contribution in [-0.2, 0) is 65.4 Å². The van der Waals surface area contributed by atoms with E-state index in [4.69, 9.17) is 37.0 Å². The Morgan fingerprint density at radius 3 is 0.798 bits per heavy atom. The third kappa shape index (κ3) is 75.2. The second-order valence-electron chi connectivity index (χ2n) is 26.2. The quantitative estimate of drug-likeness (QED) is 0.0169. The fourth-order valence-corrected chi connectivity index (χ4v) is 11.9. The topological polar surface area (TPSA) is 237 Å². The Bertz CT molecular complexity index is 2540. The maximum absolute atomic E-state index is 13.1. The third-order valence-electron chi connectivity index (χ3n) is 16.3. The molecule has 0 aromatic carbocycles. The van der Waals surface area contributed by atoms with Crippen LogP contribution >= 0.6 is 15.6 Å². The van der Waals surface area contributed by atoms with Crippen molar-refractivity contribution in [1.82, 2.24) is 0 Å². The van der Waals surface area contributed by atoms with Crippen molar-refractivity contribution in [1.29, 1.82) is 0 Å². The number of hydrogen-bond acceptors (Lipinski definition) is 15. The summed E-state index contributed by atoms with van der Waals surface area (Å²) in [6, 6.07) is 0. The number of allylic oxidation sites excluding steroid dienone is 24. The fourth-order valence-electron chi connectivity index (χ4n) is 10.3. The third-order valence-corrected chi connectivity index (χ3v) is 18.2. The van der Waals surface area contributed by atoms with Gasteiger partial charge in [0, 0.05) is 25.7 Å². The molecule has 104 heavy (non-hydrogen) atoms. The van der Waals surface area contributed by atoms with Gasteiger partial charge in [0.2, 0.25) is 0 Å². The van der Waals surface area contributed by atoms with Gasteiger partial charge >= 0.3 is 39.5 Å². The first kappa shape index (κ1) is 98.9. The minimum Gasteiger partial charge on any atom is -0.462 e. The maximum atomic E-state index is 13.1. The number of esters is 4. The van der Waals surface area contributed by atoms with E-state index in [1.807, 2.05) is 0 Å². The average Bonchev–Trinajstić information content (AvgIpc) is 0.911. The lowest BCUT2D eigenvalue weighted by atomic mass is 10.0. The minimum absolute atomic E-state index is 0.0712. The molecule has 0 aliphatic rings. The highest BCUT2D eigenvalue weighted by Crippen LogP contribution is 2.45. The lowest BCUT2D eigenvalue weighted by molar-refractivity contribution is -0.161. The summed E-state index contributed by atoms with van der Waals surface area (Å²) in [4.78, 5) is 73.0. The molecule has 594 valence electrons. The second kappa shape index (κ2) is 76.1. The molecule has 5 atom stereocenters. The first-order valence-electron chi connectivity index (χ1n) is 40.1. The molecule has 0 aliphatic heterocycles. The highest BCUT2D eigenvalue weighted by Gasteiger charge is 2.30. The van der Waals surface area contributed by atoms with Crippen molar-refractivity contribution in [3.63, 3.8) is 0 Å². The van der Waals surface area contributed by atoms with Crippen molar-refractivity contribution >= 4 is 39.5 Å². The second-order valence-corrected chi connectivity index (χ2v) is 29.1. The van der Waals surface area contributed by atoms with E-state index in [1.54, 1.807) is 0 Å². The summed E-state index contributed by atoms with van der Waals surface area (Å²) in [6.07, 6.45) is 86.8. The molecule has 0 radical (unpaired) electrons. The van der Waals surface area contributed by atoms with Crippen LogP contribution in [0.1, 0.15) is 310 Å². The molecule has 0 spiro atoms. The van der Waals surface area contributed by atoms with Crippen molar-refractivity contribution in [2.24, 2.45) is 0 Å². The molecule has 0 aromatic rings. The summed E-state index contributed by atoms with van der Waals surface area (Å²) < 4.78 is 68.6. The largest absolute Gasteiger partial charge is 0.472 e. The minimum atomic E-state index is -5.00. The molecule has 0 fully saturated rings. The fraction of sp³-hybridized carbons (Fsp3) is 0.671. The molecule has 0 saturated carbocycles. The molecule has 0 aromatic heterocycles. The number of carbonyl (C=O) groups excluding carboxylic acids is 4. The van der Waals surface area contributed by atoms with E-state index in [9.17, 15) is 43.2 Å². The monoisotopic (exact) mass is 1500 g/mol. The highest BCUT2D eigenvalue weighted by molar-refractivity contribution is 7.47. The summed E-state index contributed by atoms with van der Waals surface area (Å²) in [5, 5.41) is 10.6. The molecule has 0 bridgehead atoms. The van der Waals surface area contributed by atoms with Crippen LogP contribution in [0.25, 0.3) is 0 Å². The van der Waals surface area contributed by atoms with Crippen LogP contribution in [-0.4, -0.2) is 96.7 Å². The van der Waals surface area contributed by atoms with Crippen LogP contribution in [0.4, 0.5) is 0 Å². The number of aliphatic hydroxyl groups excluding tert-OH is 1. The summed E-state index contributed by atoms with van der Waals surface area (Å²) in [7, 11) is -9.99. The molecule has 0 aliphatic carbocycles. The zero-order chi connectivity index (χ0) is 76.0. The molecule has 19 heteroatoms. The van der Waals surface area contributed by atoms with E-state index in [2.05, 4.69) is 174 Å². The predicted octanol–water partition coefficient (Wildman–Crippen LogP) is 23.4. The maximum Gasteiger partial charge on any atom is 0.472 e. The molecular formula is C85H142O17P2. The van der Waals surface area contributed by atoms with Gasteiger partial charge in [-0.1, -0.05) is 289 Å². The standard InChI is InChI=1S/C85H142O17P2/c1-5-9-13-17-21-25-29-33-36-38-39-41-43-47-50-54-58-62-66-70-83(88)96-76-81(102-85(90)72-68-64-60-56-52-48-44-40-37-34-30-26-22-18-14-10-6-2)78-100-104(93,94)98-74-79(86)73-97-103(91,92)99-77-80(101-84(89)71-67-63-59-55-51-45-32-28-24-20-16-12-8-4)75-95-82(87)69-65-61-57-53-49-46-42-35-31-27-23-19-15-11-7-3/h9-11,13-15,21-23,25-27,33-37,39,41-42,47,49-50,53,79-81,86H,5-8,12,16-20,24,28-32,38,40,43-46,48,51-52,54-78H2,1-4H3,(H,91,92)(H,93,94)/b13-9-,14-10-,15-11-,25-21-,26-22-,27-23-,36-33-,37-34-,41-39-,42-35-,50-47-,53-49-. The van der Waals surface area contributed by atoms with Crippen molar-refractivity contribution in [2.45, 2.75) is 329 Å². The zero-order valence-corrected chi connectivity index (χ0v) is 66.7. The molecule has 17 nitrogen and oxygen atoms in total. The van der Waals surface area contributed by atoms with Gasteiger partial charge in [-0.15, -0.1) is 0 Å². The Kier molecular flexibility index (Phi) is 72.4. The van der Waals surface area contributed by atoms with Gasteiger partial charge in [-0.05, 0) is 141 Å². The average molecular weight is 1500 g/mol. The number of carbonyl (C=O) groups is 4. The summed E-state index contributed by atoms with van der Waals surface area (Å²) in [6.45, 7) is 4.45. The number of unbranched alkanes of at least 4 members (excludes halogenated alkanes) is 24. The lowest BCUT2D eigenvalue weighted by Crippen LogP contribution is -2.30. The Morgan fingerprint density at radius 1 is 0.279 bits per heavy atom. The van der Waals surface area contributed by atoms with E-state index in [0.29, 0.717) is 25.7 Å². The van der Waals surface area contributed by atoms with E-state index >= 15 is 0 Å². The Balaban J connectivity index is 5.43. The van der Waals surface area contributed by atoms with Crippen LogP contribution in [0.15, 0.2) is 146 Å². The number of hydrogen-bond donors (Lipinski definition) is 3. The summed E-state index contributed by atoms with van der Waals surface area (Å²) >= 11 is 0. The Morgan fingerprint density at radius 2 is 0.500 bits per heavy atom. The highest BCUT2D eigenvalue weighted by atomic mass is 31.2. The van der Waals surface area contributed by atoms with E-state index in [0.717, 1.165) is 180 Å². The van der Waals surface area contributed by atoms with Crippen molar-refractivity contribution < 1.29 is 80.2 Å². The summed E-state index contributed by atoms with van der Waals surface area (Å²) in [5.74, 6) is -2.27. The normalized spacial score (nSPS) is 14.6. The number of phosphoric acid groups is 2. The van der Waals surface area contributed by atoms with E-state index < -0.39 is 97.5 Å². The molecule has 0 amide bonds. The van der Waals surface area contributed by atoms with E-state index in [-0.39, 0.29) is 25.7 Å². The Hall–Kier alpha value is -5.06. The number of aliphatic hydroxyl groups is 1. The lowest BCUT2D eigenvalue weighted by Gasteiger charge is -2.21. The predicted molar refractivity (Wildman–Crippen MR) is 427 cm³/mol. The van der Waals surface area contributed by atoms with Gasteiger partial charge in [-0.2, -0.15) is 0 Å². The molecule has 3 N–H and O–H groups in total. The first-order valence-corrected chi connectivity index (χ1v) is 43.1. The van der Waals surface area contributed by atoms with Crippen molar-refractivity contribution in [3.05, 3.63) is 146 Å². The van der Waals surface area contributed by atoms with Gasteiger partial charge in [0.1, 0.15) is 19.3 Å². The van der Waals surface area contributed by atoms with Gasteiger partial charge in [0.05, 0.1) is 26.4 Å². The molecule has 0 heterocycles. The van der Waals surface area contributed by atoms with Gasteiger partial charge in [-0.25, -0.2) is 9.13 Å². The molecule has 0 rings (SSSR count). The van der Waals surface area contributed by atoms with Crippen molar-refractivity contribution in [2.75, 3.05) is 39.6 Å². The van der Waals surface area contributed by atoms with Crippen LogP contribution < -0.4 is 0 Å². The number of ether oxygens (including phenoxy) is 4. The van der Waals surface area contributed by atoms with Crippen LogP contribution in [0.2, 0.25) is 0 Å². The van der Waals surface area contributed by atoms with Gasteiger partial charge in [0.25, 0.3) is 0 Å². The zero-order valence-electron chi connectivity index (χ0n) is 64.9. The number of rotatable bonds is 74. The summed E-state index contributed by atoms with van der Waals surface area (Å²) in [5.41, 5.74) is 0. The van der Waals surface area contributed by atoms with Crippen LogP contribution in [0.5, 0.6) is 0 Å². The van der Waals surface area contributed by atoms with Crippen molar-refractivity contribution in [3.8, 4) is 0 Å². The van der Waals surface area contributed by atoms with Crippen LogP contribution in [0, 0.1) is 0 Å². The molecule has 0 saturated heterocycles.